The predicted octanol–water partition coefficient (Wildman–Crippen LogP) is 3.30. The molecule has 66 valence electrons. The molecule has 0 aliphatic rings. The lowest BCUT2D eigenvalue weighted by atomic mass is 10.1. The highest BCUT2D eigenvalue weighted by atomic mass is 35.5. The smallest absolute Gasteiger partial charge is 0.226 e. The molecule has 0 fully saturated rings. The zero-order valence-corrected chi connectivity index (χ0v) is 7.88. The van der Waals surface area contributed by atoms with Gasteiger partial charge in [-0.3, -0.25) is 0 Å². The van der Waals surface area contributed by atoms with Crippen LogP contribution in [-0.2, 0) is 0 Å². The molecule has 0 unspecified atom stereocenters. The molecular weight excluding hydrogens is 186 g/mol. The number of hydrogen-bond donors (Lipinski definition) is 0. The first-order valence-corrected chi connectivity index (χ1v) is 4.33. The van der Waals surface area contributed by atoms with Gasteiger partial charge in [0.05, 0.1) is 0 Å². The largest absolute Gasteiger partial charge is 0.344 e. The minimum Gasteiger partial charge on any atom is -0.344 e. The SMILES string of the molecule is Cc1ccc(-c2cc(Cl)on2)cc1. The van der Waals surface area contributed by atoms with Gasteiger partial charge in [0, 0.05) is 11.6 Å². The normalized spacial score (nSPS) is 10.3. The molecule has 1 aromatic heterocycles. The monoisotopic (exact) mass is 193 g/mol. The summed E-state index contributed by atoms with van der Waals surface area (Å²) in [6.07, 6.45) is 0. The molecule has 0 N–H and O–H groups in total. The molecule has 2 rings (SSSR count). The molecule has 2 nitrogen and oxygen atoms in total. The summed E-state index contributed by atoms with van der Waals surface area (Å²) in [6, 6.07) is 9.73. The number of benzene rings is 1. The fourth-order valence-corrected chi connectivity index (χ4v) is 1.25. The molecule has 0 amide bonds. The van der Waals surface area contributed by atoms with Crippen LogP contribution in [0, 0.1) is 6.92 Å². The summed E-state index contributed by atoms with van der Waals surface area (Å²) in [4.78, 5) is 0. The molecule has 0 aliphatic heterocycles. The summed E-state index contributed by atoms with van der Waals surface area (Å²) in [5.41, 5.74) is 3.00. The Morgan fingerprint density at radius 2 is 1.92 bits per heavy atom. The van der Waals surface area contributed by atoms with Crippen molar-refractivity contribution in [3.8, 4) is 11.3 Å². The van der Waals surface area contributed by atoms with Crippen molar-refractivity contribution in [2.24, 2.45) is 0 Å². The summed E-state index contributed by atoms with van der Waals surface area (Å²) >= 11 is 5.61. The zero-order chi connectivity index (χ0) is 9.26. The number of aryl methyl sites for hydroxylation is 1. The highest BCUT2D eigenvalue weighted by Crippen LogP contribution is 2.21. The standard InChI is InChI=1S/C10H8ClNO/c1-7-2-4-8(5-3-7)9-6-10(11)13-12-9/h2-6H,1H3. The summed E-state index contributed by atoms with van der Waals surface area (Å²) in [7, 11) is 0. The molecule has 0 aliphatic carbocycles. The Kier molecular flexibility index (Phi) is 2.07. The fraction of sp³-hybridized carbons (Fsp3) is 0.100. The van der Waals surface area contributed by atoms with E-state index in [4.69, 9.17) is 16.1 Å². The van der Waals surface area contributed by atoms with Crippen LogP contribution in [-0.4, -0.2) is 5.16 Å². The lowest BCUT2D eigenvalue weighted by molar-refractivity contribution is 0.424. The second-order valence-electron chi connectivity index (χ2n) is 2.88. The number of hydrogen-bond acceptors (Lipinski definition) is 2. The first kappa shape index (κ1) is 8.32. The predicted molar refractivity (Wildman–Crippen MR) is 51.7 cm³/mol. The van der Waals surface area contributed by atoms with Gasteiger partial charge in [-0.1, -0.05) is 35.0 Å². The third-order valence-electron chi connectivity index (χ3n) is 1.83. The first-order chi connectivity index (χ1) is 6.25. The number of rotatable bonds is 1. The van der Waals surface area contributed by atoms with Crippen molar-refractivity contribution in [3.63, 3.8) is 0 Å². The molecule has 2 aromatic rings. The van der Waals surface area contributed by atoms with Crippen molar-refractivity contribution >= 4 is 11.6 Å². The van der Waals surface area contributed by atoms with Crippen LogP contribution in [0.25, 0.3) is 11.3 Å². The minimum absolute atomic E-state index is 0.315. The van der Waals surface area contributed by atoms with Crippen molar-refractivity contribution in [3.05, 3.63) is 41.1 Å². The summed E-state index contributed by atoms with van der Waals surface area (Å²) < 4.78 is 4.76. The molecule has 1 aromatic carbocycles. The Hall–Kier alpha value is -1.28. The van der Waals surface area contributed by atoms with Gasteiger partial charge in [-0.15, -0.1) is 0 Å². The third kappa shape index (κ3) is 1.73. The van der Waals surface area contributed by atoms with Gasteiger partial charge in [0.1, 0.15) is 5.69 Å². The Labute approximate surface area is 81.1 Å². The molecule has 0 spiro atoms. The lowest BCUT2D eigenvalue weighted by Crippen LogP contribution is -1.76. The summed E-state index contributed by atoms with van der Waals surface area (Å²) in [5.74, 6) is 0. The number of halogens is 1. The average Bonchev–Trinajstić information content (AvgIpc) is 2.53. The van der Waals surface area contributed by atoms with E-state index in [2.05, 4.69) is 5.16 Å². The van der Waals surface area contributed by atoms with E-state index in [0.717, 1.165) is 11.3 Å². The number of aromatic nitrogens is 1. The van der Waals surface area contributed by atoms with Crippen molar-refractivity contribution in [1.29, 1.82) is 0 Å². The highest BCUT2D eigenvalue weighted by molar-refractivity contribution is 6.29. The maximum absolute atomic E-state index is 5.61. The van der Waals surface area contributed by atoms with E-state index < -0.39 is 0 Å². The first-order valence-electron chi connectivity index (χ1n) is 3.95. The highest BCUT2D eigenvalue weighted by Gasteiger charge is 2.03. The topological polar surface area (TPSA) is 26.0 Å². The van der Waals surface area contributed by atoms with E-state index >= 15 is 0 Å². The van der Waals surface area contributed by atoms with Crippen LogP contribution >= 0.6 is 11.6 Å². The second kappa shape index (κ2) is 3.23. The molecule has 13 heavy (non-hydrogen) atoms. The van der Waals surface area contributed by atoms with Crippen LogP contribution in [0.4, 0.5) is 0 Å². The number of nitrogens with zero attached hydrogens (tertiary/aromatic N) is 1. The van der Waals surface area contributed by atoms with E-state index in [-0.39, 0.29) is 0 Å². The summed E-state index contributed by atoms with van der Waals surface area (Å²) in [5, 5.41) is 4.12. The van der Waals surface area contributed by atoms with Crippen LogP contribution in [0.3, 0.4) is 0 Å². The van der Waals surface area contributed by atoms with E-state index in [1.165, 1.54) is 5.56 Å². The Bertz CT molecular complexity index is 405. The molecular formula is C10H8ClNO. The van der Waals surface area contributed by atoms with Crippen molar-refractivity contribution in [2.75, 3.05) is 0 Å². The third-order valence-corrected chi connectivity index (χ3v) is 2.01. The van der Waals surface area contributed by atoms with Gasteiger partial charge < -0.3 is 4.52 Å². The van der Waals surface area contributed by atoms with Gasteiger partial charge in [-0.05, 0) is 18.5 Å². The minimum atomic E-state index is 0.315. The van der Waals surface area contributed by atoms with Gasteiger partial charge in [0.2, 0.25) is 5.22 Å². The molecule has 0 saturated heterocycles. The van der Waals surface area contributed by atoms with E-state index in [0.29, 0.717) is 5.22 Å². The van der Waals surface area contributed by atoms with E-state index in [1.54, 1.807) is 6.07 Å². The van der Waals surface area contributed by atoms with Crippen LogP contribution in [0.5, 0.6) is 0 Å². The molecule has 0 bridgehead atoms. The van der Waals surface area contributed by atoms with Crippen molar-refractivity contribution in [2.45, 2.75) is 6.92 Å². The Morgan fingerprint density at radius 1 is 1.23 bits per heavy atom. The van der Waals surface area contributed by atoms with Crippen LogP contribution < -0.4 is 0 Å². The van der Waals surface area contributed by atoms with Gasteiger partial charge in [-0.25, -0.2) is 0 Å². The Balaban J connectivity index is 2.41. The maximum Gasteiger partial charge on any atom is 0.226 e. The summed E-state index contributed by atoms with van der Waals surface area (Å²) in [6.45, 7) is 2.04. The van der Waals surface area contributed by atoms with Crippen LogP contribution in [0.2, 0.25) is 5.22 Å². The van der Waals surface area contributed by atoms with Gasteiger partial charge >= 0.3 is 0 Å². The zero-order valence-electron chi connectivity index (χ0n) is 7.12. The Morgan fingerprint density at radius 3 is 2.46 bits per heavy atom. The van der Waals surface area contributed by atoms with Gasteiger partial charge in [0.25, 0.3) is 0 Å². The quantitative estimate of drug-likeness (QED) is 0.695. The fourth-order valence-electron chi connectivity index (χ4n) is 1.11. The molecule has 0 atom stereocenters. The van der Waals surface area contributed by atoms with Gasteiger partial charge in [0.15, 0.2) is 0 Å². The van der Waals surface area contributed by atoms with Gasteiger partial charge in [-0.2, -0.15) is 0 Å². The van der Waals surface area contributed by atoms with E-state index in [1.807, 2.05) is 31.2 Å². The lowest BCUT2D eigenvalue weighted by Gasteiger charge is -1.94. The second-order valence-corrected chi connectivity index (χ2v) is 3.25. The maximum atomic E-state index is 5.61. The molecule has 0 saturated carbocycles. The van der Waals surface area contributed by atoms with Crippen molar-refractivity contribution < 1.29 is 4.52 Å². The van der Waals surface area contributed by atoms with Crippen molar-refractivity contribution in [1.82, 2.24) is 5.16 Å². The van der Waals surface area contributed by atoms with Crippen LogP contribution in [0.1, 0.15) is 5.56 Å². The average molecular weight is 194 g/mol. The molecule has 1 heterocycles. The molecule has 3 heteroatoms. The molecule has 0 radical (unpaired) electrons. The van der Waals surface area contributed by atoms with E-state index in [9.17, 15) is 0 Å². The van der Waals surface area contributed by atoms with Crippen LogP contribution in [0.15, 0.2) is 34.9 Å².